The first kappa shape index (κ1) is 23.0. The van der Waals surface area contributed by atoms with Crippen LogP contribution in [0.5, 0.6) is 0 Å². The predicted molar refractivity (Wildman–Crippen MR) is 129 cm³/mol. The number of benzene rings is 2. The van der Waals surface area contributed by atoms with Gasteiger partial charge in [-0.3, -0.25) is 4.72 Å². The summed E-state index contributed by atoms with van der Waals surface area (Å²) in [5.41, 5.74) is 5.20. The molecule has 0 amide bonds. The van der Waals surface area contributed by atoms with Gasteiger partial charge in [-0.25, -0.2) is 13.2 Å². The highest BCUT2D eigenvalue weighted by Gasteiger charge is 2.26. The molecule has 0 spiro atoms. The molecule has 3 rings (SSSR count). The molecule has 32 heavy (non-hydrogen) atoms. The van der Waals surface area contributed by atoms with Crippen LogP contribution >= 0.6 is 0 Å². The van der Waals surface area contributed by atoms with Gasteiger partial charge in [0.25, 0.3) is 0 Å². The Kier molecular flexibility index (Phi) is 6.95. The summed E-state index contributed by atoms with van der Waals surface area (Å²) in [6.45, 7) is 2.06. The molecule has 0 aliphatic carbocycles. The van der Waals surface area contributed by atoms with Crippen molar-refractivity contribution < 1.29 is 18.0 Å². The Hall–Kier alpha value is -3.65. The van der Waals surface area contributed by atoms with Gasteiger partial charge >= 0.3 is 5.97 Å². The van der Waals surface area contributed by atoms with Crippen LogP contribution in [0.2, 0.25) is 0 Å². The zero-order valence-electron chi connectivity index (χ0n) is 18.4. The van der Waals surface area contributed by atoms with Gasteiger partial charge in [0.15, 0.2) is 0 Å². The van der Waals surface area contributed by atoms with Gasteiger partial charge in [-0.1, -0.05) is 47.7 Å². The minimum absolute atomic E-state index is 0.324. The van der Waals surface area contributed by atoms with Crippen molar-refractivity contribution in [2.45, 2.75) is 6.92 Å². The zero-order chi connectivity index (χ0) is 23.3. The van der Waals surface area contributed by atoms with Gasteiger partial charge in [-0.2, -0.15) is 0 Å². The molecule has 0 saturated heterocycles. The Morgan fingerprint density at radius 2 is 1.75 bits per heavy atom. The molecule has 1 aliphatic rings. The molecule has 0 radical (unpaired) electrons. The first-order valence-electron chi connectivity index (χ1n) is 9.85. The number of allylic oxidation sites excluding steroid dienone is 4. The van der Waals surface area contributed by atoms with Gasteiger partial charge in [0.2, 0.25) is 10.0 Å². The highest BCUT2D eigenvalue weighted by atomic mass is 32.2. The average Bonchev–Trinajstić information content (AvgIpc) is 3.08. The van der Waals surface area contributed by atoms with Gasteiger partial charge in [0.05, 0.1) is 11.8 Å². The number of anilines is 2. The average molecular weight is 452 g/mol. The Labute approximate surface area is 188 Å². The van der Waals surface area contributed by atoms with E-state index >= 15 is 0 Å². The Morgan fingerprint density at radius 3 is 2.38 bits per heavy atom. The first-order chi connectivity index (χ1) is 15.1. The largest absolute Gasteiger partial charge is 0.378 e. The van der Waals surface area contributed by atoms with Crippen LogP contribution in [-0.4, -0.2) is 40.4 Å². The van der Waals surface area contributed by atoms with Crippen molar-refractivity contribution in [2.24, 2.45) is 5.16 Å². The maximum Gasteiger partial charge on any atom is 0.368 e. The van der Waals surface area contributed by atoms with E-state index in [-0.39, 0.29) is 0 Å². The lowest BCUT2D eigenvalue weighted by atomic mass is 10.0. The van der Waals surface area contributed by atoms with Gasteiger partial charge in [-0.15, -0.1) is 0 Å². The number of aryl methyl sites for hydroxylation is 1. The molecule has 0 atom stereocenters. The van der Waals surface area contributed by atoms with Crippen molar-refractivity contribution in [1.29, 1.82) is 0 Å². The zero-order valence-corrected chi connectivity index (χ0v) is 19.2. The summed E-state index contributed by atoms with van der Waals surface area (Å²) in [7, 11) is 0.651. The van der Waals surface area contributed by atoms with Crippen LogP contribution in [-0.2, 0) is 19.7 Å². The Balaban J connectivity index is 1.72. The van der Waals surface area contributed by atoms with Gasteiger partial charge in [0, 0.05) is 31.0 Å². The van der Waals surface area contributed by atoms with Gasteiger partial charge < -0.3 is 9.74 Å². The van der Waals surface area contributed by atoms with Gasteiger partial charge in [-0.05, 0) is 48.4 Å². The molecular formula is C24H25N3O4S. The summed E-state index contributed by atoms with van der Waals surface area (Å²) in [6.07, 6.45) is 10.2. The van der Waals surface area contributed by atoms with Crippen molar-refractivity contribution in [3.8, 4) is 0 Å². The molecule has 0 bridgehead atoms. The summed E-state index contributed by atoms with van der Waals surface area (Å²) in [4.78, 5) is 19.0. The second kappa shape index (κ2) is 9.65. The normalized spacial score (nSPS) is 15.4. The Morgan fingerprint density at radius 1 is 1.03 bits per heavy atom. The van der Waals surface area contributed by atoms with E-state index in [1.807, 2.05) is 32.3 Å². The molecule has 2 aromatic rings. The van der Waals surface area contributed by atoms with E-state index in [0.717, 1.165) is 17.5 Å². The van der Waals surface area contributed by atoms with Crippen LogP contribution in [0.15, 0.2) is 77.5 Å². The van der Waals surface area contributed by atoms with Crippen molar-refractivity contribution in [1.82, 2.24) is 0 Å². The van der Waals surface area contributed by atoms with E-state index in [0.29, 0.717) is 22.5 Å². The minimum atomic E-state index is -3.36. The number of hydrogen-bond donors (Lipinski definition) is 1. The Bertz CT molecular complexity index is 1240. The number of carbonyl (C=O) groups is 1. The highest BCUT2D eigenvalue weighted by molar-refractivity contribution is 7.92. The van der Waals surface area contributed by atoms with E-state index < -0.39 is 16.0 Å². The number of nitrogens with one attached hydrogen (secondary N) is 1. The number of sulfonamides is 1. The predicted octanol–water partition coefficient (Wildman–Crippen LogP) is 3.89. The topological polar surface area (TPSA) is 88.1 Å². The van der Waals surface area contributed by atoms with E-state index in [4.69, 9.17) is 4.84 Å². The van der Waals surface area contributed by atoms with Crippen LogP contribution in [0.1, 0.15) is 16.7 Å². The summed E-state index contributed by atoms with van der Waals surface area (Å²) in [6, 6.07) is 12.8. The highest BCUT2D eigenvalue weighted by Crippen LogP contribution is 2.21. The molecule has 0 aromatic heterocycles. The molecule has 2 aromatic carbocycles. The fraction of sp³-hybridized carbons (Fsp3) is 0.167. The molecule has 0 saturated carbocycles. The monoisotopic (exact) mass is 451 g/mol. The van der Waals surface area contributed by atoms with Crippen molar-refractivity contribution in [2.75, 3.05) is 30.0 Å². The smallest absolute Gasteiger partial charge is 0.368 e. The number of rotatable bonds is 7. The quantitative estimate of drug-likeness (QED) is 0.392. The third-order valence-electron chi connectivity index (χ3n) is 4.69. The summed E-state index contributed by atoms with van der Waals surface area (Å²) in [5, 5.41) is 3.86. The van der Waals surface area contributed by atoms with Crippen molar-refractivity contribution in [3.63, 3.8) is 0 Å². The number of hydrogen-bond acceptors (Lipinski definition) is 6. The molecule has 1 heterocycles. The molecule has 166 valence electrons. The van der Waals surface area contributed by atoms with E-state index in [1.54, 1.807) is 36.4 Å². The molecule has 1 aliphatic heterocycles. The van der Waals surface area contributed by atoms with E-state index in [1.165, 1.54) is 5.56 Å². The minimum Gasteiger partial charge on any atom is -0.378 e. The maximum atomic E-state index is 12.1. The molecule has 8 heteroatoms. The third kappa shape index (κ3) is 5.95. The second-order valence-corrected chi connectivity index (χ2v) is 9.28. The first-order valence-corrected chi connectivity index (χ1v) is 11.7. The standard InChI is InChI=1S/C24H25N3O4S/c1-17-16-21(27(2)3)15-12-18(17)8-6-5-7-9-22-23(25-31-24(22)28)19-10-13-20(14-11-19)26-32(4,29)30/h5-16,26H,1-4H3/b7-5-,8-6-,22-9?. The third-order valence-corrected chi connectivity index (χ3v) is 5.29. The number of nitrogens with zero attached hydrogens (tertiary/aromatic N) is 2. The van der Waals surface area contributed by atoms with Crippen LogP contribution in [0, 0.1) is 6.92 Å². The molecular weight excluding hydrogens is 426 g/mol. The summed E-state index contributed by atoms with van der Waals surface area (Å²) < 4.78 is 25.1. The van der Waals surface area contributed by atoms with Crippen LogP contribution in [0.3, 0.4) is 0 Å². The van der Waals surface area contributed by atoms with E-state index in [9.17, 15) is 13.2 Å². The summed E-state index contributed by atoms with van der Waals surface area (Å²) in [5.74, 6) is -0.540. The van der Waals surface area contributed by atoms with Gasteiger partial charge in [0.1, 0.15) is 5.71 Å². The fourth-order valence-corrected chi connectivity index (χ4v) is 3.61. The number of oxime groups is 1. The van der Waals surface area contributed by atoms with E-state index in [2.05, 4.69) is 39.9 Å². The molecule has 7 nitrogen and oxygen atoms in total. The lowest BCUT2D eigenvalue weighted by Gasteiger charge is -2.13. The molecule has 1 N–H and O–H groups in total. The second-order valence-electron chi connectivity index (χ2n) is 7.53. The lowest BCUT2D eigenvalue weighted by molar-refractivity contribution is -0.136. The van der Waals surface area contributed by atoms with Crippen LogP contribution in [0.25, 0.3) is 6.08 Å². The summed E-state index contributed by atoms with van der Waals surface area (Å²) >= 11 is 0. The number of carbonyl (C=O) groups excluding carboxylic acids is 1. The van der Waals surface area contributed by atoms with Crippen molar-refractivity contribution in [3.05, 3.63) is 89.0 Å². The maximum absolute atomic E-state index is 12.1. The SMILES string of the molecule is Cc1cc(N(C)C)ccc1/C=C\C=C/C=C1C(=O)ON=C1c1ccc(NS(C)(=O)=O)cc1. The lowest BCUT2D eigenvalue weighted by Crippen LogP contribution is -2.10. The van der Waals surface area contributed by atoms with Crippen LogP contribution in [0.4, 0.5) is 11.4 Å². The van der Waals surface area contributed by atoms with Crippen molar-refractivity contribution >= 4 is 39.2 Å². The molecule has 0 fully saturated rings. The molecule has 0 unspecified atom stereocenters. The van der Waals surface area contributed by atoms with Crippen LogP contribution < -0.4 is 9.62 Å². The fourth-order valence-electron chi connectivity index (χ4n) is 3.05.